The van der Waals surface area contributed by atoms with E-state index in [1.54, 1.807) is 0 Å². The van der Waals surface area contributed by atoms with Crippen molar-refractivity contribution in [3.05, 3.63) is 0 Å². The van der Waals surface area contributed by atoms with Gasteiger partial charge in [0.1, 0.15) is 6.16 Å². The van der Waals surface area contributed by atoms with Crippen LogP contribution in [0.3, 0.4) is 0 Å². The summed E-state index contributed by atoms with van der Waals surface area (Å²) >= 11 is 0. The van der Waals surface area contributed by atoms with E-state index in [1.807, 2.05) is 6.07 Å². The van der Waals surface area contributed by atoms with Gasteiger partial charge in [0, 0.05) is 0 Å². The lowest BCUT2D eigenvalue weighted by molar-refractivity contribution is 0.200. The van der Waals surface area contributed by atoms with Crippen molar-refractivity contribution in [3.8, 4) is 6.07 Å². The summed E-state index contributed by atoms with van der Waals surface area (Å²) in [4.78, 5) is 0. The van der Waals surface area contributed by atoms with Gasteiger partial charge in [-0.3, -0.25) is 4.57 Å². The third-order valence-electron chi connectivity index (χ3n) is 2.84. The molecule has 4 nitrogen and oxygen atoms in total. The fourth-order valence-corrected chi connectivity index (χ4v) is 2.92. The fourth-order valence-electron chi connectivity index (χ4n) is 1.68. The minimum Gasteiger partial charge on any atom is -0.308 e. The lowest BCUT2D eigenvalue weighted by atomic mass is 10.2. The smallest absolute Gasteiger partial charge is 0.308 e. The molecule has 0 aromatic heterocycles. The third-order valence-corrected chi connectivity index (χ3v) is 4.52. The van der Waals surface area contributed by atoms with E-state index in [2.05, 4.69) is 13.8 Å². The van der Waals surface area contributed by atoms with Gasteiger partial charge in [-0.1, -0.05) is 52.4 Å². The Morgan fingerprint density at radius 1 is 0.895 bits per heavy atom. The minimum absolute atomic E-state index is 0.144. The van der Waals surface area contributed by atoms with Crippen LogP contribution in [0, 0.1) is 11.3 Å². The number of nitrogens with zero attached hydrogens (tertiary/aromatic N) is 1. The topological polar surface area (TPSA) is 59.3 Å². The average molecular weight is 289 g/mol. The first kappa shape index (κ1) is 18.6. The summed E-state index contributed by atoms with van der Waals surface area (Å²) in [5.74, 6) is 0. The van der Waals surface area contributed by atoms with E-state index >= 15 is 0 Å². The van der Waals surface area contributed by atoms with Gasteiger partial charge in [0.25, 0.3) is 0 Å². The van der Waals surface area contributed by atoms with Crippen LogP contribution < -0.4 is 0 Å². The Labute approximate surface area is 118 Å². The zero-order chi connectivity index (χ0) is 14.4. The molecule has 0 aromatic rings. The molecule has 0 aromatic carbocycles. The summed E-state index contributed by atoms with van der Waals surface area (Å²) in [5, 5.41) is 8.70. The molecule has 0 aliphatic rings. The van der Waals surface area contributed by atoms with Gasteiger partial charge < -0.3 is 9.05 Å². The van der Waals surface area contributed by atoms with E-state index in [-0.39, 0.29) is 6.16 Å². The fraction of sp³-hybridized carbons (Fsp3) is 0.929. The molecular formula is C14H28NO3P. The SMILES string of the molecule is CCCCCCOP(=O)(CC#N)OCCCCCC. The molecule has 0 saturated heterocycles. The van der Waals surface area contributed by atoms with Crippen molar-refractivity contribution in [2.75, 3.05) is 19.4 Å². The van der Waals surface area contributed by atoms with Gasteiger partial charge in [-0.05, 0) is 12.8 Å². The van der Waals surface area contributed by atoms with Crippen LogP contribution in [0.15, 0.2) is 0 Å². The molecule has 0 heterocycles. The molecule has 0 bridgehead atoms. The van der Waals surface area contributed by atoms with Crippen LogP contribution in [0.2, 0.25) is 0 Å². The highest BCUT2D eigenvalue weighted by Gasteiger charge is 2.23. The van der Waals surface area contributed by atoms with E-state index in [4.69, 9.17) is 14.3 Å². The van der Waals surface area contributed by atoms with E-state index in [0.29, 0.717) is 13.2 Å². The van der Waals surface area contributed by atoms with E-state index in [1.165, 1.54) is 0 Å². The quantitative estimate of drug-likeness (QED) is 0.357. The lowest BCUT2D eigenvalue weighted by Crippen LogP contribution is -2.02. The van der Waals surface area contributed by atoms with Gasteiger partial charge >= 0.3 is 7.60 Å². The first-order chi connectivity index (χ1) is 9.18. The molecule has 0 saturated carbocycles. The number of rotatable bonds is 13. The second-order valence-corrected chi connectivity index (χ2v) is 6.77. The molecule has 0 fully saturated rings. The third kappa shape index (κ3) is 11.2. The molecule has 0 aliphatic carbocycles. The zero-order valence-electron chi connectivity index (χ0n) is 12.4. The van der Waals surface area contributed by atoms with Gasteiger partial charge in [-0.25, -0.2) is 0 Å². The Morgan fingerprint density at radius 3 is 1.74 bits per heavy atom. The maximum atomic E-state index is 12.2. The molecule has 5 heteroatoms. The normalized spacial score (nSPS) is 11.4. The highest BCUT2D eigenvalue weighted by atomic mass is 31.2. The van der Waals surface area contributed by atoms with Crippen LogP contribution in [0.4, 0.5) is 0 Å². The summed E-state index contributed by atoms with van der Waals surface area (Å²) in [6, 6.07) is 1.90. The zero-order valence-corrected chi connectivity index (χ0v) is 13.3. The standard InChI is InChI=1S/C14H28NO3P/c1-3-5-7-9-12-17-19(16,14-11-15)18-13-10-8-6-4-2/h3-10,12-14H2,1-2H3. The number of unbranched alkanes of at least 4 members (excludes halogenated alkanes) is 6. The molecule has 0 aliphatic heterocycles. The van der Waals surface area contributed by atoms with Crippen LogP contribution in [0.1, 0.15) is 65.2 Å². The average Bonchev–Trinajstić information content (AvgIpc) is 2.39. The number of hydrogen-bond donors (Lipinski definition) is 0. The highest BCUT2D eigenvalue weighted by Crippen LogP contribution is 2.47. The molecule has 0 rings (SSSR count). The second-order valence-electron chi connectivity index (χ2n) is 4.71. The van der Waals surface area contributed by atoms with Crippen molar-refractivity contribution in [2.45, 2.75) is 65.2 Å². The summed E-state index contributed by atoms with van der Waals surface area (Å²) in [6.07, 6.45) is 8.37. The van der Waals surface area contributed by atoms with Crippen LogP contribution in [0.5, 0.6) is 0 Å². The van der Waals surface area contributed by atoms with Gasteiger partial charge in [0.15, 0.2) is 0 Å². The van der Waals surface area contributed by atoms with Crippen molar-refractivity contribution in [1.29, 1.82) is 5.26 Å². The Balaban J connectivity index is 3.84. The van der Waals surface area contributed by atoms with Crippen LogP contribution in [-0.4, -0.2) is 19.4 Å². The first-order valence-electron chi connectivity index (χ1n) is 7.43. The molecule has 0 spiro atoms. The Morgan fingerprint density at radius 2 is 1.37 bits per heavy atom. The molecule has 19 heavy (non-hydrogen) atoms. The van der Waals surface area contributed by atoms with Gasteiger partial charge in [0.05, 0.1) is 19.3 Å². The number of nitriles is 1. The monoisotopic (exact) mass is 289 g/mol. The predicted molar refractivity (Wildman–Crippen MR) is 78.3 cm³/mol. The molecule has 0 amide bonds. The predicted octanol–water partition coefficient (Wildman–Crippen LogP) is 4.90. The molecule has 0 N–H and O–H groups in total. The van der Waals surface area contributed by atoms with Crippen molar-refractivity contribution in [2.24, 2.45) is 0 Å². The number of hydrogen-bond acceptors (Lipinski definition) is 4. The molecule has 112 valence electrons. The van der Waals surface area contributed by atoms with Gasteiger partial charge in [-0.2, -0.15) is 5.26 Å². The van der Waals surface area contributed by atoms with Gasteiger partial charge in [0.2, 0.25) is 0 Å². The van der Waals surface area contributed by atoms with E-state index in [0.717, 1.165) is 51.4 Å². The van der Waals surface area contributed by atoms with Crippen molar-refractivity contribution < 1.29 is 13.6 Å². The van der Waals surface area contributed by atoms with Gasteiger partial charge in [-0.15, -0.1) is 0 Å². The summed E-state index contributed by atoms with van der Waals surface area (Å²) in [5.41, 5.74) is 0. The summed E-state index contributed by atoms with van der Waals surface area (Å²) in [7, 11) is -3.18. The van der Waals surface area contributed by atoms with E-state index < -0.39 is 7.60 Å². The Bertz CT molecular complexity index is 271. The van der Waals surface area contributed by atoms with Crippen molar-refractivity contribution >= 4 is 7.60 Å². The summed E-state index contributed by atoms with van der Waals surface area (Å²) < 4.78 is 22.9. The van der Waals surface area contributed by atoms with Crippen LogP contribution >= 0.6 is 7.60 Å². The molecular weight excluding hydrogens is 261 g/mol. The Hall–Kier alpha value is -0.360. The minimum atomic E-state index is -3.18. The first-order valence-corrected chi connectivity index (χ1v) is 9.16. The van der Waals surface area contributed by atoms with Crippen molar-refractivity contribution in [1.82, 2.24) is 0 Å². The van der Waals surface area contributed by atoms with Crippen LogP contribution in [0.25, 0.3) is 0 Å². The molecule has 0 radical (unpaired) electrons. The maximum Gasteiger partial charge on any atom is 0.344 e. The van der Waals surface area contributed by atoms with Crippen LogP contribution in [-0.2, 0) is 13.6 Å². The highest BCUT2D eigenvalue weighted by molar-refractivity contribution is 7.54. The Kier molecular flexibility index (Phi) is 12.4. The second kappa shape index (κ2) is 12.7. The lowest BCUT2D eigenvalue weighted by Gasteiger charge is -2.16. The molecule has 0 unspecified atom stereocenters. The van der Waals surface area contributed by atoms with E-state index in [9.17, 15) is 4.57 Å². The maximum absolute atomic E-state index is 12.2. The largest absolute Gasteiger partial charge is 0.344 e. The summed E-state index contributed by atoms with van der Waals surface area (Å²) in [6.45, 7) is 5.13. The van der Waals surface area contributed by atoms with Crippen molar-refractivity contribution in [3.63, 3.8) is 0 Å². The molecule has 0 atom stereocenters.